The molecule has 1 N–H and O–H groups in total. The van der Waals surface area contributed by atoms with Gasteiger partial charge in [0.25, 0.3) is 5.91 Å². The fourth-order valence-electron chi connectivity index (χ4n) is 2.47. The minimum Gasteiger partial charge on any atom is -0.347 e. The lowest BCUT2D eigenvalue weighted by Crippen LogP contribution is -2.24. The number of nitrogens with zero attached hydrogens (tertiary/aromatic N) is 4. The number of anilines is 1. The van der Waals surface area contributed by atoms with Gasteiger partial charge >= 0.3 is 0 Å². The van der Waals surface area contributed by atoms with Crippen molar-refractivity contribution in [1.82, 2.24) is 20.3 Å². The van der Waals surface area contributed by atoms with Crippen LogP contribution < -0.4 is 10.2 Å². The van der Waals surface area contributed by atoms with Gasteiger partial charge in [0.15, 0.2) is 0 Å². The topological polar surface area (TPSA) is 71.0 Å². The number of thiazole rings is 1. The van der Waals surface area contributed by atoms with E-state index in [0.29, 0.717) is 17.4 Å². The normalized spacial score (nSPS) is 10.6. The molecule has 0 radical (unpaired) electrons. The maximum absolute atomic E-state index is 12.6. The monoisotopic (exact) mass is 367 g/mol. The first kappa shape index (κ1) is 18.0. The van der Waals surface area contributed by atoms with Crippen LogP contribution in [0.2, 0.25) is 0 Å². The second-order valence-electron chi connectivity index (χ2n) is 6.18. The third-order valence-electron chi connectivity index (χ3n) is 3.75. The van der Waals surface area contributed by atoms with Crippen molar-refractivity contribution < 1.29 is 4.79 Å². The summed E-state index contributed by atoms with van der Waals surface area (Å²) in [6, 6.07) is 11.8. The lowest BCUT2D eigenvalue weighted by atomic mass is 10.2. The minimum absolute atomic E-state index is 0.134. The minimum atomic E-state index is -0.134. The fourth-order valence-corrected chi connectivity index (χ4v) is 3.46. The number of nitrogens with one attached hydrogen (secondary N) is 1. The van der Waals surface area contributed by atoms with Crippen molar-refractivity contribution in [3.63, 3.8) is 0 Å². The van der Waals surface area contributed by atoms with E-state index in [2.05, 4.69) is 20.3 Å². The molecule has 0 aliphatic carbocycles. The molecule has 3 rings (SSSR count). The summed E-state index contributed by atoms with van der Waals surface area (Å²) in [5.41, 5.74) is 3.40. The second kappa shape index (κ2) is 7.61. The molecule has 26 heavy (non-hydrogen) atoms. The van der Waals surface area contributed by atoms with Crippen LogP contribution in [0, 0.1) is 13.8 Å². The molecular weight excluding hydrogens is 346 g/mol. The van der Waals surface area contributed by atoms with Gasteiger partial charge in [-0.15, -0.1) is 11.3 Å². The first-order chi connectivity index (χ1) is 12.4. The van der Waals surface area contributed by atoms with Crippen molar-refractivity contribution in [2.45, 2.75) is 20.4 Å². The average Bonchev–Trinajstić information content (AvgIpc) is 3.02. The Morgan fingerprint density at radius 2 is 1.85 bits per heavy atom. The van der Waals surface area contributed by atoms with Crippen molar-refractivity contribution in [2.75, 3.05) is 19.0 Å². The van der Waals surface area contributed by atoms with Gasteiger partial charge in [-0.2, -0.15) is 0 Å². The molecule has 1 aromatic carbocycles. The van der Waals surface area contributed by atoms with Crippen LogP contribution in [-0.2, 0) is 6.54 Å². The summed E-state index contributed by atoms with van der Waals surface area (Å²) in [5, 5.41) is 3.79. The highest BCUT2D eigenvalue weighted by Crippen LogP contribution is 2.27. The smallest absolute Gasteiger partial charge is 0.263 e. The summed E-state index contributed by atoms with van der Waals surface area (Å²) in [6.45, 7) is 4.12. The number of rotatable bonds is 5. The van der Waals surface area contributed by atoms with Crippen LogP contribution in [0.3, 0.4) is 0 Å². The van der Waals surface area contributed by atoms with Crippen LogP contribution >= 0.6 is 11.3 Å². The highest BCUT2D eigenvalue weighted by atomic mass is 32.1. The van der Waals surface area contributed by atoms with Crippen molar-refractivity contribution >= 4 is 23.2 Å². The molecule has 1 amide bonds. The number of benzene rings is 1. The van der Waals surface area contributed by atoms with Crippen LogP contribution in [0.4, 0.5) is 5.95 Å². The number of aromatic nitrogens is 3. The molecule has 0 saturated carbocycles. The van der Waals surface area contributed by atoms with Gasteiger partial charge in [0, 0.05) is 25.4 Å². The average molecular weight is 367 g/mol. The predicted octanol–water partition coefficient (Wildman–Crippen LogP) is 3.21. The fraction of sp³-hybridized carbons (Fsp3) is 0.263. The van der Waals surface area contributed by atoms with E-state index in [9.17, 15) is 4.79 Å². The zero-order valence-electron chi connectivity index (χ0n) is 15.3. The maximum Gasteiger partial charge on any atom is 0.263 e. The van der Waals surface area contributed by atoms with E-state index < -0.39 is 0 Å². The second-order valence-corrected chi connectivity index (χ2v) is 7.18. The van der Waals surface area contributed by atoms with Crippen LogP contribution in [0.5, 0.6) is 0 Å². The Labute approximate surface area is 157 Å². The summed E-state index contributed by atoms with van der Waals surface area (Å²) in [5.74, 6) is 0.499. The molecule has 0 atom stereocenters. The molecule has 6 nitrogen and oxygen atoms in total. The number of carbonyl (C=O) groups is 1. The Morgan fingerprint density at radius 1 is 1.12 bits per heavy atom. The van der Waals surface area contributed by atoms with E-state index in [4.69, 9.17) is 0 Å². The molecule has 0 aliphatic heterocycles. The third-order valence-corrected chi connectivity index (χ3v) is 4.95. The molecule has 0 aliphatic rings. The van der Waals surface area contributed by atoms with Gasteiger partial charge < -0.3 is 10.2 Å². The predicted molar refractivity (Wildman–Crippen MR) is 105 cm³/mol. The van der Waals surface area contributed by atoms with Crippen LogP contribution in [0.15, 0.2) is 36.4 Å². The Kier molecular flexibility index (Phi) is 5.27. The highest BCUT2D eigenvalue weighted by molar-refractivity contribution is 7.17. The molecule has 0 fully saturated rings. The van der Waals surface area contributed by atoms with Gasteiger partial charge in [0.2, 0.25) is 5.95 Å². The van der Waals surface area contributed by atoms with Gasteiger partial charge in [-0.05, 0) is 19.9 Å². The molecule has 2 aromatic heterocycles. The number of carbonyl (C=O) groups excluding carboxylic acids is 1. The van der Waals surface area contributed by atoms with E-state index >= 15 is 0 Å². The summed E-state index contributed by atoms with van der Waals surface area (Å²) in [6.07, 6.45) is 0. The summed E-state index contributed by atoms with van der Waals surface area (Å²) in [7, 11) is 3.78. The number of hydrogen-bond donors (Lipinski definition) is 1. The van der Waals surface area contributed by atoms with Gasteiger partial charge in [0.05, 0.1) is 17.9 Å². The van der Waals surface area contributed by atoms with Crippen molar-refractivity contribution in [3.05, 3.63) is 58.4 Å². The van der Waals surface area contributed by atoms with Crippen LogP contribution in [-0.4, -0.2) is 35.0 Å². The molecule has 0 saturated heterocycles. The largest absolute Gasteiger partial charge is 0.347 e. The molecule has 0 bridgehead atoms. The van der Waals surface area contributed by atoms with Crippen LogP contribution in [0.25, 0.3) is 10.6 Å². The SMILES string of the molecule is Cc1cc(CNC(=O)c2sc(-c3ccccc3)nc2C)nc(N(C)C)n1. The Bertz CT molecular complexity index is 921. The first-order valence-corrected chi connectivity index (χ1v) is 9.08. The zero-order chi connectivity index (χ0) is 18.7. The Morgan fingerprint density at radius 3 is 2.54 bits per heavy atom. The maximum atomic E-state index is 12.6. The highest BCUT2D eigenvalue weighted by Gasteiger charge is 2.16. The van der Waals surface area contributed by atoms with Gasteiger partial charge in [0.1, 0.15) is 9.88 Å². The molecular formula is C19H21N5OS. The molecule has 2 heterocycles. The summed E-state index contributed by atoms with van der Waals surface area (Å²) in [4.78, 5) is 28.4. The molecule has 0 spiro atoms. The Hall–Kier alpha value is -2.80. The van der Waals surface area contributed by atoms with Crippen LogP contribution in [0.1, 0.15) is 26.8 Å². The van der Waals surface area contributed by atoms with Gasteiger partial charge in [-0.3, -0.25) is 4.79 Å². The summed E-state index contributed by atoms with van der Waals surface area (Å²) >= 11 is 1.40. The van der Waals surface area contributed by atoms with E-state index in [1.807, 2.05) is 69.2 Å². The standard InChI is InChI=1S/C19H21N5OS/c1-12-10-15(23-19(21-12)24(3)4)11-20-17(25)16-13(2)22-18(26-16)14-8-6-5-7-9-14/h5-10H,11H2,1-4H3,(H,20,25). The van der Waals surface area contributed by atoms with Crippen molar-refractivity contribution in [2.24, 2.45) is 0 Å². The number of hydrogen-bond acceptors (Lipinski definition) is 6. The van der Waals surface area contributed by atoms with Crippen molar-refractivity contribution in [3.8, 4) is 10.6 Å². The summed E-state index contributed by atoms with van der Waals surface area (Å²) < 4.78 is 0. The zero-order valence-corrected chi connectivity index (χ0v) is 16.1. The quantitative estimate of drug-likeness (QED) is 0.750. The molecule has 134 valence electrons. The van der Waals surface area contributed by atoms with E-state index in [1.54, 1.807) is 0 Å². The molecule has 7 heteroatoms. The van der Waals surface area contributed by atoms with Gasteiger partial charge in [-0.1, -0.05) is 30.3 Å². The third kappa shape index (κ3) is 4.05. The van der Waals surface area contributed by atoms with Gasteiger partial charge in [-0.25, -0.2) is 15.0 Å². The number of amides is 1. The van der Waals surface area contributed by atoms with Crippen molar-refractivity contribution in [1.29, 1.82) is 0 Å². The molecule has 0 unspecified atom stereocenters. The first-order valence-electron chi connectivity index (χ1n) is 8.27. The lowest BCUT2D eigenvalue weighted by molar-refractivity contribution is 0.0953. The van der Waals surface area contributed by atoms with E-state index in [0.717, 1.165) is 27.7 Å². The van der Waals surface area contributed by atoms with E-state index in [1.165, 1.54) is 11.3 Å². The van der Waals surface area contributed by atoms with E-state index in [-0.39, 0.29) is 5.91 Å². The lowest BCUT2D eigenvalue weighted by Gasteiger charge is -2.12. The molecule has 3 aromatic rings. The Balaban J connectivity index is 1.74. The number of aryl methyl sites for hydroxylation is 2.